The van der Waals surface area contributed by atoms with Crippen molar-refractivity contribution in [3.05, 3.63) is 0 Å². The quantitative estimate of drug-likeness (QED) is 0.558. The molecule has 0 aromatic heterocycles. The first-order chi connectivity index (χ1) is 6.43. The second-order valence-corrected chi connectivity index (χ2v) is 4.46. The fraction of sp³-hybridized carbons (Fsp3) is 1.00. The molecular formula is C12H24N. The lowest BCUT2D eigenvalue weighted by Gasteiger charge is -2.21. The van der Waals surface area contributed by atoms with Gasteiger partial charge >= 0.3 is 0 Å². The van der Waals surface area contributed by atoms with Crippen LogP contribution >= 0.6 is 0 Å². The van der Waals surface area contributed by atoms with E-state index in [-0.39, 0.29) is 0 Å². The molecule has 0 unspecified atom stereocenters. The van der Waals surface area contributed by atoms with Crippen molar-refractivity contribution in [2.45, 2.75) is 64.2 Å². The Labute approximate surface area is 83.1 Å². The summed E-state index contributed by atoms with van der Waals surface area (Å²) < 4.78 is 0. The molecule has 1 rings (SSSR count). The smallest absolute Gasteiger partial charge is 0.00997 e. The minimum Gasteiger partial charge on any atom is -0.258 e. The number of nitrogens with one attached hydrogen (secondary N) is 1. The first kappa shape index (κ1) is 11.0. The summed E-state index contributed by atoms with van der Waals surface area (Å²) in [7, 11) is 0. The molecule has 0 saturated heterocycles. The largest absolute Gasteiger partial charge is 0.258 e. The summed E-state index contributed by atoms with van der Waals surface area (Å²) in [5.41, 5.74) is 7.03. The molecule has 77 valence electrons. The summed E-state index contributed by atoms with van der Waals surface area (Å²) >= 11 is 0. The van der Waals surface area contributed by atoms with Crippen LogP contribution in [0.25, 0.3) is 0 Å². The van der Waals surface area contributed by atoms with Crippen molar-refractivity contribution in [3.8, 4) is 0 Å². The molecule has 1 N–H and O–H groups in total. The van der Waals surface area contributed by atoms with Gasteiger partial charge in [0.15, 0.2) is 0 Å². The molecule has 1 heteroatoms. The molecule has 1 saturated carbocycles. The van der Waals surface area contributed by atoms with Gasteiger partial charge in [-0.1, -0.05) is 57.8 Å². The highest BCUT2D eigenvalue weighted by Crippen LogP contribution is 2.27. The molecule has 0 amide bonds. The molecule has 1 aliphatic rings. The van der Waals surface area contributed by atoms with Crippen LogP contribution in [0.15, 0.2) is 0 Å². The van der Waals surface area contributed by atoms with E-state index in [0.29, 0.717) is 6.54 Å². The highest BCUT2D eigenvalue weighted by Gasteiger charge is 2.12. The predicted octanol–water partition coefficient (Wildman–Crippen LogP) is 3.80. The Hall–Kier alpha value is -0.0400. The minimum atomic E-state index is 0.628. The Morgan fingerprint density at radius 1 is 0.846 bits per heavy atom. The van der Waals surface area contributed by atoms with E-state index in [2.05, 4.69) is 0 Å². The summed E-state index contributed by atoms with van der Waals surface area (Å²) in [5.74, 6) is 1.06. The van der Waals surface area contributed by atoms with Gasteiger partial charge in [-0.2, -0.15) is 0 Å². The van der Waals surface area contributed by atoms with Gasteiger partial charge in [-0.3, -0.25) is 5.73 Å². The zero-order valence-corrected chi connectivity index (χ0v) is 8.86. The van der Waals surface area contributed by atoms with Gasteiger partial charge in [0.2, 0.25) is 0 Å². The summed E-state index contributed by atoms with van der Waals surface area (Å²) in [6.07, 6.45) is 14.1. The first-order valence-corrected chi connectivity index (χ1v) is 6.08. The first-order valence-electron chi connectivity index (χ1n) is 6.08. The van der Waals surface area contributed by atoms with Crippen molar-refractivity contribution < 1.29 is 0 Å². The van der Waals surface area contributed by atoms with Crippen molar-refractivity contribution in [3.63, 3.8) is 0 Å². The lowest BCUT2D eigenvalue weighted by atomic mass is 9.85. The maximum Gasteiger partial charge on any atom is 0.00997 e. The van der Waals surface area contributed by atoms with E-state index in [0.717, 1.165) is 12.3 Å². The molecule has 0 bridgehead atoms. The van der Waals surface area contributed by atoms with Gasteiger partial charge in [-0.05, 0) is 12.3 Å². The van der Waals surface area contributed by atoms with Crippen LogP contribution in [0.5, 0.6) is 0 Å². The van der Waals surface area contributed by atoms with Gasteiger partial charge in [0.05, 0.1) is 0 Å². The van der Waals surface area contributed by atoms with Crippen molar-refractivity contribution in [1.29, 1.82) is 0 Å². The minimum absolute atomic E-state index is 0.628. The Kier molecular flexibility index (Phi) is 6.26. The van der Waals surface area contributed by atoms with Crippen molar-refractivity contribution in [1.82, 2.24) is 5.73 Å². The fourth-order valence-electron chi connectivity index (χ4n) is 2.39. The molecule has 0 aromatic carbocycles. The Balaban J connectivity index is 1.86. The molecule has 0 atom stereocenters. The molecule has 0 heterocycles. The Morgan fingerprint density at radius 3 is 2.23 bits per heavy atom. The molecule has 0 aromatic rings. The van der Waals surface area contributed by atoms with Crippen molar-refractivity contribution in [2.75, 3.05) is 6.54 Å². The van der Waals surface area contributed by atoms with E-state index in [4.69, 9.17) is 5.73 Å². The Bertz CT molecular complexity index is 106. The second-order valence-electron chi connectivity index (χ2n) is 4.46. The maximum atomic E-state index is 7.03. The lowest BCUT2D eigenvalue weighted by Crippen LogP contribution is -2.05. The zero-order valence-electron chi connectivity index (χ0n) is 8.86. The van der Waals surface area contributed by atoms with E-state index in [1.54, 1.807) is 0 Å². The van der Waals surface area contributed by atoms with Crippen LogP contribution in [-0.2, 0) is 0 Å². The van der Waals surface area contributed by atoms with Crippen molar-refractivity contribution >= 4 is 0 Å². The summed E-state index contributed by atoms with van der Waals surface area (Å²) in [4.78, 5) is 0. The highest BCUT2D eigenvalue weighted by molar-refractivity contribution is 4.65. The third-order valence-corrected chi connectivity index (χ3v) is 3.26. The third-order valence-electron chi connectivity index (χ3n) is 3.26. The van der Waals surface area contributed by atoms with Crippen LogP contribution in [0, 0.1) is 5.92 Å². The molecular weight excluding hydrogens is 158 g/mol. The predicted molar refractivity (Wildman–Crippen MR) is 57.6 cm³/mol. The lowest BCUT2D eigenvalue weighted by molar-refractivity contribution is 0.328. The molecule has 0 aliphatic heterocycles. The number of hydrogen-bond acceptors (Lipinski definition) is 0. The SMILES string of the molecule is [NH]CCCCCCC1CCCCC1. The van der Waals surface area contributed by atoms with Crippen LogP contribution in [-0.4, -0.2) is 6.54 Å². The topological polar surface area (TPSA) is 23.8 Å². The number of hydrogen-bond donors (Lipinski definition) is 0. The fourth-order valence-corrected chi connectivity index (χ4v) is 2.39. The molecule has 13 heavy (non-hydrogen) atoms. The average Bonchev–Trinajstić information content (AvgIpc) is 2.19. The summed E-state index contributed by atoms with van der Waals surface area (Å²) in [6, 6.07) is 0. The van der Waals surface area contributed by atoms with Gasteiger partial charge in [0, 0.05) is 6.54 Å². The van der Waals surface area contributed by atoms with E-state index in [9.17, 15) is 0 Å². The van der Waals surface area contributed by atoms with Crippen LogP contribution in [0.4, 0.5) is 0 Å². The van der Waals surface area contributed by atoms with E-state index in [1.807, 2.05) is 0 Å². The monoisotopic (exact) mass is 182 g/mol. The van der Waals surface area contributed by atoms with Gasteiger partial charge < -0.3 is 0 Å². The summed E-state index contributed by atoms with van der Waals surface area (Å²) in [5, 5.41) is 0. The Morgan fingerprint density at radius 2 is 1.54 bits per heavy atom. The zero-order chi connectivity index (χ0) is 9.36. The van der Waals surface area contributed by atoms with Gasteiger partial charge in [-0.15, -0.1) is 0 Å². The highest BCUT2D eigenvalue weighted by atomic mass is 14.5. The molecule has 1 radical (unpaired) electrons. The normalized spacial score (nSPS) is 19.2. The van der Waals surface area contributed by atoms with Crippen LogP contribution in [0.1, 0.15) is 64.2 Å². The van der Waals surface area contributed by atoms with Gasteiger partial charge in [-0.25, -0.2) is 0 Å². The molecule has 1 nitrogen and oxygen atoms in total. The number of unbranched alkanes of at least 4 members (excludes halogenated alkanes) is 3. The van der Waals surface area contributed by atoms with E-state index < -0.39 is 0 Å². The third kappa shape index (κ3) is 5.30. The molecule has 1 aliphatic carbocycles. The average molecular weight is 182 g/mol. The van der Waals surface area contributed by atoms with Crippen LogP contribution < -0.4 is 5.73 Å². The molecule has 1 fully saturated rings. The number of rotatable bonds is 6. The van der Waals surface area contributed by atoms with E-state index >= 15 is 0 Å². The second kappa shape index (κ2) is 7.37. The molecule has 0 spiro atoms. The summed E-state index contributed by atoms with van der Waals surface area (Å²) in [6.45, 7) is 0.628. The van der Waals surface area contributed by atoms with Crippen LogP contribution in [0.2, 0.25) is 0 Å². The standard InChI is InChI=1S/C12H24N/c13-11-7-2-1-4-8-12-9-5-3-6-10-12/h12-13H,1-11H2. The van der Waals surface area contributed by atoms with Crippen molar-refractivity contribution in [2.24, 2.45) is 5.92 Å². The van der Waals surface area contributed by atoms with E-state index in [1.165, 1.54) is 57.8 Å². The van der Waals surface area contributed by atoms with Gasteiger partial charge in [0.1, 0.15) is 0 Å². The maximum absolute atomic E-state index is 7.03. The van der Waals surface area contributed by atoms with Gasteiger partial charge in [0.25, 0.3) is 0 Å². The van der Waals surface area contributed by atoms with Crippen LogP contribution in [0.3, 0.4) is 0 Å².